The van der Waals surface area contributed by atoms with Gasteiger partial charge in [-0.25, -0.2) is 26.7 Å². The Labute approximate surface area is 229 Å². The first-order valence-electron chi connectivity index (χ1n) is 11.4. The van der Waals surface area contributed by atoms with Crippen LogP contribution in [0.4, 0.5) is 43.9 Å². The largest absolute Gasteiger partial charge is 0.741 e. The van der Waals surface area contributed by atoms with Gasteiger partial charge in [-0.05, 0) is 12.8 Å². The van der Waals surface area contributed by atoms with Gasteiger partial charge in [0.15, 0.2) is 10.1 Å². The number of carboxylic acids is 1. The number of aliphatic carboxylic acids is 1. The smallest absolute Gasteiger partial charge is 0.485 e. The average Bonchev–Trinajstić information content (AvgIpc) is 3.42. The summed E-state index contributed by atoms with van der Waals surface area (Å²) in [5.74, 6) is -16.7. The zero-order valence-corrected chi connectivity index (χ0v) is 23.0. The first-order chi connectivity index (χ1) is 18.3. The molecular weight excluding hydrogens is 610 g/mol. The van der Waals surface area contributed by atoms with Crippen LogP contribution in [0.15, 0.2) is 37.4 Å². The number of unbranched alkanes of at least 4 members (excludes halogenated alkanes) is 2. The monoisotopic (exact) mass is 640 g/mol. The number of aryl methyl sites for hydroxylation is 4. The lowest BCUT2D eigenvalue weighted by Gasteiger charge is -2.28. The third-order valence-electron chi connectivity index (χ3n) is 4.48. The maximum absolute atomic E-state index is 11.7. The van der Waals surface area contributed by atoms with E-state index in [1.54, 1.807) is 0 Å². The van der Waals surface area contributed by atoms with Crippen molar-refractivity contribution in [2.24, 2.45) is 14.1 Å². The fraction of sp³-hybridized carbons (Fsp3) is 0.667. The molecule has 0 saturated carbocycles. The Kier molecular flexibility index (Phi) is 16.2. The van der Waals surface area contributed by atoms with Gasteiger partial charge in [0.25, 0.3) is 0 Å². The van der Waals surface area contributed by atoms with Crippen LogP contribution in [0.5, 0.6) is 0 Å². The van der Waals surface area contributed by atoms with Gasteiger partial charge in [-0.2, -0.15) is 43.9 Å². The number of carboxylic acid groups (broad SMARTS) is 1. The fourth-order valence-electron chi connectivity index (χ4n) is 2.26. The van der Waals surface area contributed by atoms with E-state index in [1.807, 2.05) is 14.1 Å². The van der Waals surface area contributed by atoms with Crippen LogP contribution in [0, 0.1) is 0 Å². The van der Waals surface area contributed by atoms with Crippen LogP contribution in [0.2, 0.25) is 0 Å². The van der Waals surface area contributed by atoms with E-state index in [9.17, 15) is 53.8 Å². The van der Waals surface area contributed by atoms with E-state index in [4.69, 9.17) is 13.0 Å². The molecule has 0 saturated heterocycles. The van der Waals surface area contributed by atoms with E-state index in [0.717, 1.165) is 13.1 Å². The number of nitrogens with zero attached hydrogens (tertiary/aromatic N) is 4. The van der Waals surface area contributed by atoms with Crippen molar-refractivity contribution in [3.05, 3.63) is 37.4 Å². The summed E-state index contributed by atoms with van der Waals surface area (Å²) >= 11 is 0. The number of imidazole rings is 2. The third-order valence-corrected chi connectivity index (χ3v) is 5.04. The zero-order valence-electron chi connectivity index (χ0n) is 22.2. The van der Waals surface area contributed by atoms with Gasteiger partial charge in [0.05, 0.1) is 27.2 Å². The highest BCUT2D eigenvalue weighted by Crippen LogP contribution is 2.46. The summed E-state index contributed by atoms with van der Waals surface area (Å²) in [5, 5.41) is 9.27. The van der Waals surface area contributed by atoms with E-state index < -0.39 is 39.6 Å². The van der Waals surface area contributed by atoms with Gasteiger partial charge >= 0.3 is 23.5 Å². The molecule has 0 N–H and O–H groups in total. The molecule has 0 aliphatic heterocycles. The molecule has 0 aromatic carbocycles. The fourth-order valence-corrected chi connectivity index (χ4v) is 2.26. The van der Waals surface area contributed by atoms with Gasteiger partial charge in [0.2, 0.25) is 12.7 Å². The van der Waals surface area contributed by atoms with E-state index in [0.29, 0.717) is 0 Å². The topological polar surface area (TPSA) is 115 Å². The number of halogens is 10. The maximum Gasteiger partial charge on any atom is 0.485 e. The molecule has 0 aliphatic rings. The normalized spacial score (nSPS) is 12.3. The van der Waals surface area contributed by atoms with Gasteiger partial charge in [-0.3, -0.25) is 0 Å². The minimum Gasteiger partial charge on any atom is -0.741 e. The Morgan fingerprint density at radius 3 is 1.24 bits per heavy atom. The second kappa shape index (κ2) is 16.5. The highest BCUT2D eigenvalue weighted by atomic mass is 32.2. The third kappa shape index (κ3) is 14.5. The quantitative estimate of drug-likeness (QED) is 0.191. The molecule has 2 aromatic heterocycles. The van der Waals surface area contributed by atoms with Crippen molar-refractivity contribution in [3.63, 3.8) is 0 Å². The van der Waals surface area contributed by atoms with Crippen molar-refractivity contribution in [1.82, 2.24) is 9.13 Å². The van der Waals surface area contributed by atoms with Crippen LogP contribution >= 0.6 is 0 Å². The van der Waals surface area contributed by atoms with Crippen LogP contribution < -0.4 is 14.2 Å². The Bertz CT molecular complexity index is 1100. The number of alkyl halides is 10. The Morgan fingerprint density at radius 2 is 1.10 bits per heavy atom. The predicted octanol–water partition coefficient (Wildman–Crippen LogP) is 2.85. The maximum atomic E-state index is 11.7. The standard InChI is InChI=1S/2C8H15N2.C4HF7O2.CHF3O3S/c2*1-3-4-5-10-7-6-9(2)8-10;5-2(6,1(12)13)3(7,8)4(9,10)11;2-1(3,4)8(5,6)7/h2*6-8H,3-5H2,1-2H3;(H,12,13);(H,5,6,7)/q2*+1;;/p-2. The summed E-state index contributed by atoms with van der Waals surface area (Å²) < 4.78 is 148. The zero-order chi connectivity index (χ0) is 32.9. The van der Waals surface area contributed by atoms with Crippen LogP contribution in [-0.4, -0.2) is 51.6 Å². The van der Waals surface area contributed by atoms with Gasteiger partial charge in [-0.1, -0.05) is 26.7 Å². The molecule has 0 spiro atoms. The van der Waals surface area contributed by atoms with Crippen molar-refractivity contribution in [2.75, 3.05) is 0 Å². The SMILES string of the molecule is CCCCn1cc[n+](C)c1.CCCCn1cc[n+](C)c1.O=C([O-])C(F)(F)C(F)(F)C(F)(F)F.O=S(=O)([O-])C(F)(F)F. The molecule has 0 amide bonds. The molecule has 0 atom stereocenters. The molecule has 0 aliphatic carbocycles. The molecule has 0 fully saturated rings. The minimum absolute atomic E-state index is 1.15. The van der Waals surface area contributed by atoms with Crippen LogP contribution in [0.25, 0.3) is 0 Å². The summed E-state index contributed by atoms with van der Waals surface area (Å²) in [6.45, 7) is 6.72. The summed E-state index contributed by atoms with van der Waals surface area (Å²) in [6.07, 6.45) is 11.0. The average molecular weight is 641 g/mol. The summed E-state index contributed by atoms with van der Waals surface area (Å²) in [5.41, 5.74) is -5.65. The Morgan fingerprint density at radius 1 is 0.780 bits per heavy atom. The lowest BCUT2D eigenvalue weighted by Crippen LogP contribution is -2.60. The molecule has 0 bridgehead atoms. The van der Waals surface area contributed by atoms with Crippen LogP contribution in [-0.2, 0) is 42.1 Å². The number of rotatable bonds is 8. The van der Waals surface area contributed by atoms with Gasteiger partial charge < -0.3 is 14.5 Å². The molecular formula is C21H30F10N4O5S. The lowest BCUT2D eigenvalue weighted by atomic mass is 10.1. The lowest BCUT2D eigenvalue weighted by molar-refractivity contribution is -0.671. The molecule has 2 aromatic rings. The number of carbonyl (C=O) groups excluding carboxylic acids is 1. The second-order valence-corrected chi connectivity index (χ2v) is 9.55. The van der Waals surface area contributed by atoms with Gasteiger partial charge in [0, 0.05) is 0 Å². The van der Waals surface area contributed by atoms with E-state index in [1.165, 1.54) is 25.7 Å². The number of hydrogen-bond donors (Lipinski definition) is 0. The molecule has 0 unspecified atom stereocenters. The molecule has 2 rings (SSSR count). The molecule has 0 radical (unpaired) electrons. The highest BCUT2D eigenvalue weighted by molar-refractivity contribution is 7.86. The molecule has 41 heavy (non-hydrogen) atoms. The predicted molar refractivity (Wildman–Crippen MR) is 118 cm³/mol. The van der Waals surface area contributed by atoms with Crippen molar-refractivity contribution >= 4 is 16.1 Å². The van der Waals surface area contributed by atoms with Crippen molar-refractivity contribution in [3.8, 4) is 0 Å². The van der Waals surface area contributed by atoms with Crippen molar-refractivity contribution in [2.45, 2.75) is 76.1 Å². The van der Waals surface area contributed by atoms with Gasteiger partial charge in [-0.15, -0.1) is 0 Å². The second-order valence-electron chi connectivity index (χ2n) is 8.17. The first kappa shape index (κ1) is 40.2. The van der Waals surface area contributed by atoms with E-state index in [-0.39, 0.29) is 0 Å². The first-order valence-corrected chi connectivity index (χ1v) is 12.8. The van der Waals surface area contributed by atoms with Crippen molar-refractivity contribution in [1.29, 1.82) is 0 Å². The summed E-state index contributed by atoms with van der Waals surface area (Å²) in [7, 11) is -2.00. The Balaban J connectivity index is 0. The van der Waals surface area contributed by atoms with E-state index >= 15 is 0 Å². The molecule has 20 heteroatoms. The van der Waals surface area contributed by atoms with Gasteiger partial charge in [0.1, 0.15) is 30.8 Å². The number of hydrogen-bond acceptors (Lipinski definition) is 5. The molecule has 9 nitrogen and oxygen atoms in total. The Hall–Kier alpha value is -2.90. The minimum atomic E-state index is -6.64. The van der Waals surface area contributed by atoms with Crippen LogP contribution in [0.3, 0.4) is 0 Å². The number of aromatic nitrogens is 4. The van der Waals surface area contributed by atoms with Crippen molar-refractivity contribution < 1.29 is 75.9 Å². The highest BCUT2D eigenvalue weighted by Gasteiger charge is 2.73. The van der Waals surface area contributed by atoms with Crippen LogP contribution in [0.1, 0.15) is 39.5 Å². The van der Waals surface area contributed by atoms with E-state index in [2.05, 4.69) is 69.6 Å². The number of carbonyl (C=O) groups is 1. The molecule has 240 valence electrons. The summed E-state index contributed by atoms with van der Waals surface area (Å²) in [6, 6.07) is 0. The summed E-state index contributed by atoms with van der Waals surface area (Å²) in [4.78, 5) is 9.27. The molecule has 2 heterocycles.